The van der Waals surface area contributed by atoms with Crippen LogP contribution in [0.3, 0.4) is 0 Å². The number of aliphatic hydroxyl groups is 2. The maximum Gasteiger partial charge on any atom is 0.220 e. The summed E-state index contributed by atoms with van der Waals surface area (Å²) in [6.45, 7) is 4.21. The number of aliphatic hydroxyl groups excluding tert-OH is 2. The van der Waals surface area contributed by atoms with E-state index in [4.69, 9.17) is 0 Å². The number of unbranched alkanes of at least 4 members (excludes halogenated alkanes) is 21. The number of carbonyl (C=O) groups excluding carboxylic acids is 1. The first-order valence-electron chi connectivity index (χ1n) is 16.9. The van der Waals surface area contributed by atoms with Crippen molar-refractivity contribution in [2.24, 2.45) is 0 Å². The highest BCUT2D eigenvalue weighted by atomic mass is 16.3. The zero-order valence-electron chi connectivity index (χ0n) is 25.7. The highest BCUT2D eigenvalue weighted by Gasteiger charge is 2.19. The molecule has 226 valence electrons. The Morgan fingerprint density at radius 3 is 1.45 bits per heavy atom. The Hall–Kier alpha value is -0.870. The van der Waals surface area contributed by atoms with Gasteiger partial charge in [0.1, 0.15) is 0 Å². The van der Waals surface area contributed by atoms with Gasteiger partial charge in [0.15, 0.2) is 0 Å². The van der Waals surface area contributed by atoms with Crippen LogP contribution in [0.15, 0.2) is 12.2 Å². The molecule has 4 nitrogen and oxygen atoms in total. The Morgan fingerprint density at radius 2 is 1.00 bits per heavy atom. The van der Waals surface area contributed by atoms with E-state index in [1.54, 1.807) is 0 Å². The third-order valence-electron chi connectivity index (χ3n) is 7.78. The number of hydrogen-bond donors (Lipinski definition) is 3. The molecule has 1 amide bonds. The molecule has 0 heterocycles. The van der Waals surface area contributed by atoms with Crippen LogP contribution in [0.4, 0.5) is 0 Å². The summed E-state index contributed by atoms with van der Waals surface area (Å²) in [6.07, 6.45) is 36.1. The molecule has 0 aliphatic heterocycles. The van der Waals surface area contributed by atoms with Crippen molar-refractivity contribution in [3.63, 3.8) is 0 Å². The van der Waals surface area contributed by atoms with Crippen LogP contribution in [0.1, 0.15) is 181 Å². The molecule has 0 spiro atoms. The molecule has 0 saturated heterocycles. The SMILES string of the molecule is CCCCCCCCCC/C=C\CCCCCCCCCCCCCC(=O)NC(CO)C(O)CCCCC. The second kappa shape index (κ2) is 30.7. The summed E-state index contributed by atoms with van der Waals surface area (Å²) >= 11 is 0. The highest BCUT2D eigenvalue weighted by Crippen LogP contribution is 2.14. The summed E-state index contributed by atoms with van der Waals surface area (Å²) in [5.41, 5.74) is 0. The predicted octanol–water partition coefficient (Wildman–Crippen LogP) is 9.56. The van der Waals surface area contributed by atoms with Crippen molar-refractivity contribution < 1.29 is 15.0 Å². The molecule has 0 radical (unpaired) electrons. The number of carbonyl (C=O) groups is 1. The van der Waals surface area contributed by atoms with E-state index in [0.29, 0.717) is 12.8 Å². The normalized spacial score (nSPS) is 13.3. The lowest BCUT2D eigenvalue weighted by molar-refractivity contribution is -0.123. The second-order valence-electron chi connectivity index (χ2n) is 11.6. The molecule has 0 bridgehead atoms. The van der Waals surface area contributed by atoms with E-state index in [2.05, 4.69) is 31.3 Å². The van der Waals surface area contributed by atoms with E-state index in [9.17, 15) is 15.0 Å². The van der Waals surface area contributed by atoms with Gasteiger partial charge >= 0.3 is 0 Å². The molecular weight excluding hydrogens is 470 g/mol. The van der Waals surface area contributed by atoms with Gasteiger partial charge in [-0.25, -0.2) is 0 Å². The van der Waals surface area contributed by atoms with Gasteiger partial charge in [-0.15, -0.1) is 0 Å². The average Bonchev–Trinajstić information content (AvgIpc) is 2.92. The zero-order valence-corrected chi connectivity index (χ0v) is 25.7. The molecule has 3 N–H and O–H groups in total. The smallest absolute Gasteiger partial charge is 0.220 e. The minimum absolute atomic E-state index is 0.0439. The van der Waals surface area contributed by atoms with Crippen molar-refractivity contribution in [2.75, 3.05) is 6.61 Å². The summed E-state index contributed by atoms with van der Waals surface area (Å²) in [5, 5.41) is 22.5. The lowest BCUT2D eigenvalue weighted by Gasteiger charge is -2.22. The Balaban J connectivity index is 3.37. The van der Waals surface area contributed by atoms with Crippen LogP contribution >= 0.6 is 0 Å². The lowest BCUT2D eigenvalue weighted by atomic mass is 10.0. The number of nitrogens with one attached hydrogen (secondary N) is 1. The van der Waals surface area contributed by atoms with Crippen LogP contribution < -0.4 is 5.32 Å². The van der Waals surface area contributed by atoms with Gasteiger partial charge in [0.2, 0.25) is 5.91 Å². The van der Waals surface area contributed by atoms with Crippen LogP contribution in [-0.4, -0.2) is 34.9 Å². The van der Waals surface area contributed by atoms with Crippen molar-refractivity contribution in [3.05, 3.63) is 12.2 Å². The van der Waals surface area contributed by atoms with Crippen LogP contribution in [0.2, 0.25) is 0 Å². The molecule has 2 unspecified atom stereocenters. The summed E-state index contributed by atoms with van der Waals surface area (Å²) in [6, 6.07) is -0.527. The lowest BCUT2D eigenvalue weighted by Crippen LogP contribution is -2.45. The topological polar surface area (TPSA) is 69.6 Å². The first-order chi connectivity index (χ1) is 18.7. The molecule has 0 aliphatic carbocycles. The van der Waals surface area contributed by atoms with Crippen LogP contribution in [0.25, 0.3) is 0 Å². The monoisotopic (exact) mass is 538 g/mol. The van der Waals surface area contributed by atoms with Gasteiger partial charge in [-0.05, 0) is 38.5 Å². The summed E-state index contributed by atoms with van der Waals surface area (Å²) < 4.78 is 0. The summed E-state index contributed by atoms with van der Waals surface area (Å²) in [5.74, 6) is -0.0439. The molecule has 0 aromatic carbocycles. The molecule has 4 heteroatoms. The maximum atomic E-state index is 12.1. The molecular formula is C34H67NO3. The molecule has 2 atom stereocenters. The van der Waals surface area contributed by atoms with Crippen LogP contribution in [0, 0.1) is 0 Å². The summed E-state index contributed by atoms with van der Waals surface area (Å²) in [7, 11) is 0. The quantitative estimate of drug-likeness (QED) is 0.0631. The number of allylic oxidation sites excluding steroid dienone is 2. The predicted molar refractivity (Wildman–Crippen MR) is 166 cm³/mol. The fourth-order valence-electron chi connectivity index (χ4n) is 5.12. The van der Waals surface area contributed by atoms with Gasteiger partial charge in [0.25, 0.3) is 0 Å². The first-order valence-corrected chi connectivity index (χ1v) is 16.9. The largest absolute Gasteiger partial charge is 0.394 e. The van der Waals surface area contributed by atoms with Crippen molar-refractivity contribution in [2.45, 2.75) is 193 Å². The number of hydrogen-bond acceptors (Lipinski definition) is 3. The fourth-order valence-corrected chi connectivity index (χ4v) is 5.12. The minimum Gasteiger partial charge on any atom is -0.394 e. The Morgan fingerprint density at radius 1 is 0.605 bits per heavy atom. The van der Waals surface area contributed by atoms with Gasteiger partial charge in [-0.2, -0.15) is 0 Å². The Kier molecular flexibility index (Phi) is 30.0. The fraction of sp³-hybridized carbons (Fsp3) is 0.912. The van der Waals surface area contributed by atoms with Crippen molar-refractivity contribution >= 4 is 5.91 Å². The standard InChI is InChI=1S/C34H67NO3/c1-3-5-7-8-9-10-11-12-13-14-15-16-17-18-19-20-21-22-23-24-25-26-28-30-34(38)35-32(31-36)33(37)29-27-6-4-2/h14-15,32-33,36-37H,3-13,16-31H2,1-2H3,(H,35,38)/b15-14-. The molecule has 0 rings (SSSR count). The zero-order chi connectivity index (χ0) is 27.9. The second-order valence-corrected chi connectivity index (χ2v) is 11.6. The Labute approximate surface area is 237 Å². The van der Waals surface area contributed by atoms with Gasteiger partial charge < -0.3 is 15.5 Å². The molecule has 38 heavy (non-hydrogen) atoms. The van der Waals surface area contributed by atoms with Gasteiger partial charge in [0, 0.05) is 6.42 Å². The van der Waals surface area contributed by atoms with E-state index in [1.165, 1.54) is 122 Å². The van der Waals surface area contributed by atoms with Gasteiger partial charge in [-0.3, -0.25) is 4.79 Å². The summed E-state index contributed by atoms with van der Waals surface area (Å²) in [4.78, 5) is 12.1. The van der Waals surface area contributed by atoms with Gasteiger partial charge in [0.05, 0.1) is 18.8 Å². The number of amides is 1. The van der Waals surface area contributed by atoms with Crippen LogP contribution in [-0.2, 0) is 4.79 Å². The van der Waals surface area contributed by atoms with Crippen molar-refractivity contribution in [1.29, 1.82) is 0 Å². The average molecular weight is 538 g/mol. The third kappa shape index (κ3) is 26.7. The molecule has 0 saturated carbocycles. The maximum absolute atomic E-state index is 12.1. The minimum atomic E-state index is -0.651. The van der Waals surface area contributed by atoms with E-state index >= 15 is 0 Å². The van der Waals surface area contributed by atoms with E-state index in [-0.39, 0.29) is 12.5 Å². The van der Waals surface area contributed by atoms with Crippen molar-refractivity contribution in [1.82, 2.24) is 5.32 Å². The molecule has 0 aromatic heterocycles. The van der Waals surface area contributed by atoms with Gasteiger partial charge in [-0.1, -0.05) is 148 Å². The Bertz CT molecular complexity index is 508. The highest BCUT2D eigenvalue weighted by molar-refractivity contribution is 5.76. The third-order valence-corrected chi connectivity index (χ3v) is 7.78. The number of rotatable bonds is 30. The first kappa shape index (κ1) is 37.1. The van der Waals surface area contributed by atoms with Crippen LogP contribution in [0.5, 0.6) is 0 Å². The molecule has 0 aromatic rings. The van der Waals surface area contributed by atoms with E-state index in [0.717, 1.165) is 32.1 Å². The molecule has 0 aliphatic rings. The van der Waals surface area contributed by atoms with Crippen molar-refractivity contribution in [3.8, 4) is 0 Å². The van der Waals surface area contributed by atoms with E-state index in [1.807, 2.05) is 0 Å². The molecule has 0 fully saturated rings. The van der Waals surface area contributed by atoms with E-state index < -0.39 is 12.1 Å².